The van der Waals surface area contributed by atoms with E-state index >= 15 is 0 Å². The molecule has 0 aromatic rings. The molecular weight excluding hydrogens is 193 g/mol. The molecule has 0 saturated carbocycles. The first-order valence-corrected chi connectivity index (χ1v) is 4.53. The first-order valence-electron chi connectivity index (χ1n) is 4.10. The Balaban J connectivity index is 0. The topological polar surface area (TPSA) is 22.3 Å². The fourth-order valence-corrected chi connectivity index (χ4v) is 0.951. The van der Waals surface area contributed by atoms with Gasteiger partial charge in [0.2, 0.25) is 0 Å². The zero-order valence-electron chi connectivity index (χ0n) is 7.39. The lowest BCUT2D eigenvalue weighted by Gasteiger charge is -1.89. The van der Waals surface area contributed by atoms with Crippen molar-refractivity contribution in [2.75, 3.05) is 0 Å². The maximum absolute atomic E-state index is 9.21. The van der Waals surface area contributed by atoms with Crippen LogP contribution >= 0.6 is 11.6 Å². The molecule has 0 saturated heterocycles. The van der Waals surface area contributed by atoms with Crippen molar-refractivity contribution in [3.05, 3.63) is 11.6 Å². The molecule has 0 rings (SSSR count). The summed E-state index contributed by atoms with van der Waals surface area (Å²) in [6.45, 7) is 2.15. The minimum absolute atomic E-state index is 0. The summed E-state index contributed by atoms with van der Waals surface area (Å²) in [4.78, 5) is 0. The number of unbranched alkanes of at least 4 members (excludes halogenated alkanes) is 2. The second-order valence-electron chi connectivity index (χ2n) is 2.59. The van der Waals surface area contributed by atoms with Crippen LogP contribution in [0.25, 0.3) is 0 Å². The van der Waals surface area contributed by atoms with Crippen LogP contribution in [0.3, 0.4) is 0 Å². The number of allylic oxidation sites excluding steroid dienone is 1. The SMILES string of the molecule is CCCCCC(=[N+])CC=CCl.[Cl-]. The molecule has 0 aliphatic heterocycles. The molecule has 0 spiro atoms. The predicted molar refractivity (Wildman–Crippen MR) is 50.9 cm³/mol. The average molecular weight is 208 g/mol. The van der Waals surface area contributed by atoms with Crippen molar-refractivity contribution < 1.29 is 12.4 Å². The molecule has 0 aromatic carbocycles. The lowest BCUT2D eigenvalue weighted by Crippen LogP contribution is -3.00. The highest BCUT2D eigenvalue weighted by molar-refractivity contribution is 6.25. The van der Waals surface area contributed by atoms with Crippen molar-refractivity contribution in [2.45, 2.75) is 39.0 Å². The van der Waals surface area contributed by atoms with Crippen LogP contribution < -0.4 is 17.8 Å². The van der Waals surface area contributed by atoms with Gasteiger partial charge in [-0.15, -0.1) is 0 Å². The second kappa shape index (κ2) is 11.0. The summed E-state index contributed by atoms with van der Waals surface area (Å²) in [5.74, 6) is 0. The van der Waals surface area contributed by atoms with E-state index in [1.807, 2.05) is 0 Å². The largest absolute Gasteiger partial charge is 1.00 e. The van der Waals surface area contributed by atoms with Gasteiger partial charge in [0.1, 0.15) is 0 Å². The van der Waals surface area contributed by atoms with Crippen molar-refractivity contribution in [3.63, 3.8) is 0 Å². The molecule has 1 nitrogen and oxygen atoms in total. The van der Waals surface area contributed by atoms with Gasteiger partial charge < -0.3 is 12.4 Å². The molecule has 0 N–H and O–H groups in total. The van der Waals surface area contributed by atoms with Gasteiger partial charge in [-0.05, 0) is 6.42 Å². The fraction of sp³-hybridized carbons (Fsp3) is 0.667. The van der Waals surface area contributed by atoms with E-state index in [1.165, 1.54) is 18.4 Å². The van der Waals surface area contributed by atoms with Gasteiger partial charge >= 0.3 is 11.1 Å². The minimum Gasteiger partial charge on any atom is -1.00 e. The zero-order chi connectivity index (χ0) is 8.53. The number of nitrogens with zero attached hydrogens (tertiary/aromatic N) is 1. The summed E-state index contributed by atoms with van der Waals surface area (Å²) in [6.07, 6.45) is 6.64. The van der Waals surface area contributed by atoms with Gasteiger partial charge in [-0.3, -0.25) is 0 Å². The van der Waals surface area contributed by atoms with Gasteiger partial charge in [-0.1, -0.05) is 37.4 Å². The minimum atomic E-state index is 0. The van der Waals surface area contributed by atoms with Gasteiger partial charge in [0, 0.05) is 12.0 Å². The molecule has 0 unspecified atom stereocenters. The Kier molecular flexibility index (Phi) is 13.3. The summed E-state index contributed by atoms with van der Waals surface area (Å²) < 4.78 is 0. The maximum Gasteiger partial charge on any atom is 0.418 e. The number of rotatable bonds is 6. The van der Waals surface area contributed by atoms with E-state index in [1.54, 1.807) is 6.08 Å². The highest BCUT2D eigenvalue weighted by atomic mass is 35.5. The highest BCUT2D eigenvalue weighted by Crippen LogP contribution is 2.01. The molecular formula is C9H15Cl2N. The van der Waals surface area contributed by atoms with Gasteiger partial charge in [0.05, 0.1) is 6.42 Å². The van der Waals surface area contributed by atoms with Crippen molar-refractivity contribution in [3.8, 4) is 0 Å². The van der Waals surface area contributed by atoms with E-state index in [0.717, 1.165) is 12.8 Å². The molecule has 70 valence electrons. The van der Waals surface area contributed by atoms with Gasteiger partial charge in [0.15, 0.2) is 0 Å². The van der Waals surface area contributed by atoms with Gasteiger partial charge in [-0.25, -0.2) is 0 Å². The Labute approximate surface area is 86.1 Å². The van der Waals surface area contributed by atoms with Crippen molar-refractivity contribution >= 4 is 17.3 Å². The normalized spacial score (nSPS) is 9.83. The van der Waals surface area contributed by atoms with E-state index in [0.29, 0.717) is 12.1 Å². The molecule has 0 aromatic heterocycles. The Morgan fingerprint density at radius 3 is 2.58 bits per heavy atom. The fourth-order valence-electron chi connectivity index (χ4n) is 0.862. The molecule has 3 heteroatoms. The van der Waals surface area contributed by atoms with E-state index in [4.69, 9.17) is 11.6 Å². The molecule has 0 heterocycles. The molecule has 12 heavy (non-hydrogen) atoms. The molecule has 0 amide bonds. The number of halogens is 2. The summed E-state index contributed by atoms with van der Waals surface area (Å²) >= 11 is 5.30. The summed E-state index contributed by atoms with van der Waals surface area (Å²) in [7, 11) is 0. The van der Waals surface area contributed by atoms with Crippen LogP contribution in [-0.2, 0) is 0 Å². The molecule has 0 bridgehead atoms. The van der Waals surface area contributed by atoms with Crippen molar-refractivity contribution in [2.24, 2.45) is 0 Å². The van der Waals surface area contributed by atoms with Crippen LogP contribution in [0, 0.1) is 0 Å². The molecule has 0 aliphatic rings. The van der Waals surface area contributed by atoms with Crippen LogP contribution in [-0.4, -0.2) is 5.71 Å². The van der Waals surface area contributed by atoms with Gasteiger partial charge in [0.25, 0.3) is 0 Å². The quantitative estimate of drug-likeness (QED) is 0.431. The first kappa shape index (κ1) is 14.5. The third-order valence-electron chi connectivity index (χ3n) is 1.51. The summed E-state index contributed by atoms with van der Waals surface area (Å²) in [5.41, 5.74) is 1.98. The zero-order valence-corrected chi connectivity index (χ0v) is 8.91. The van der Waals surface area contributed by atoms with Crippen LogP contribution in [0.4, 0.5) is 0 Å². The van der Waals surface area contributed by atoms with Crippen molar-refractivity contribution in [1.29, 1.82) is 0 Å². The second-order valence-corrected chi connectivity index (χ2v) is 2.84. The van der Waals surface area contributed by atoms with E-state index in [-0.39, 0.29) is 12.4 Å². The lowest BCUT2D eigenvalue weighted by molar-refractivity contribution is -0.00000256. The lowest BCUT2D eigenvalue weighted by atomic mass is 10.1. The third kappa shape index (κ3) is 9.99. The summed E-state index contributed by atoms with van der Waals surface area (Å²) in [6, 6.07) is 0. The average Bonchev–Trinajstić information content (AvgIpc) is 2.01. The smallest absolute Gasteiger partial charge is 0.418 e. The molecule has 0 fully saturated rings. The Bertz CT molecular complexity index is 132. The Morgan fingerprint density at radius 1 is 1.42 bits per heavy atom. The van der Waals surface area contributed by atoms with Crippen LogP contribution in [0.1, 0.15) is 39.0 Å². The maximum atomic E-state index is 9.21. The summed E-state index contributed by atoms with van der Waals surface area (Å²) in [5, 5.41) is 9.21. The predicted octanol–water partition coefficient (Wildman–Crippen LogP) is -0.0456. The monoisotopic (exact) mass is 207 g/mol. The Hall–Kier alpha value is -0.0100. The van der Waals surface area contributed by atoms with Crippen LogP contribution in [0.15, 0.2) is 11.6 Å². The number of hydrogen-bond donors (Lipinski definition) is 0. The molecule has 0 aliphatic carbocycles. The molecule has 0 atom stereocenters. The first-order chi connectivity index (χ1) is 5.31. The highest BCUT2D eigenvalue weighted by Gasteiger charge is 2.07. The molecule has 2 radical (unpaired) electrons. The van der Waals surface area contributed by atoms with Gasteiger partial charge in [-0.2, -0.15) is 0 Å². The Morgan fingerprint density at radius 2 is 2.08 bits per heavy atom. The third-order valence-corrected chi connectivity index (χ3v) is 1.69. The van der Waals surface area contributed by atoms with Crippen LogP contribution in [0.2, 0.25) is 0 Å². The standard InChI is InChI=1S/C9H15ClN.ClH/c1-2-3-4-6-9(11)7-5-8-10;/h5,8H,2-4,6-7H2,1H3;1H/q+1;/p-1. The van der Waals surface area contributed by atoms with Crippen LogP contribution in [0.5, 0.6) is 0 Å². The van der Waals surface area contributed by atoms with E-state index in [9.17, 15) is 5.41 Å². The number of hydrogen-bond acceptors (Lipinski definition) is 0. The van der Waals surface area contributed by atoms with E-state index in [2.05, 4.69) is 6.92 Å². The van der Waals surface area contributed by atoms with Crippen molar-refractivity contribution in [1.82, 2.24) is 5.41 Å². The van der Waals surface area contributed by atoms with E-state index < -0.39 is 0 Å².